The molecule has 0 aliphatic heterocycles. The number of rotatable bonds is 1. The Morgan fingerprint density at radius 1 is 1.09 bits per heavy atom. The summed E-state index contributed by atoms with van der Waals surface area (Å²) in [7, 11) is 5.02. The maximum atomic E-state index is 5.07. The van der Waals surface area contributed by atoms with Gasteiger partial charge < -0.3 is 4.74 Å². The molecule has 0 heterocycles. The Morgan fingerprint density at radius 3 is 1.82 bits per heavy atom. The van der Waals surface area contributed by atoms with Gasteiger partial charge in [0.15, 0.2) is 0 Å². The van der Waals surface area contributed by atoms with E-state index in [1.807, 2.05) is 6.92 Å². The third kappa shape index (κ3) is 6.15. The predicted molar refractivity (Wildman–Crippen MR) is 48.4 cm³/mol. The monoisotopic (exact) mass is 167 g/mol. The van der Waals surface area contributed by atoms with Crippen molar-refractivity contribution in [3.05, 3.63) is 0 Å². The summed E-state index contributed by atoms with van der Waals surface area (Å²) in [6.07, 6.45) is 0. The van der Waals surface area contributed by atoms with E-state index < -0.39 is 5.22 Å². The van der Waals surface area contributed by atoms with Crippen LogP contribution in [0, 0.1) is 17.3 Å². The number of methoxy groups -OCH3 is 1. The van der Waals surface area contributed by atoms with E-state index >= 15 is 0 Å². The average molecular weight is 167 g/mol. The van der Waals surface area contributed by atoms with Crippen molar-refractivity contribution in [2.24, 2.45) is 5.41 Å². The first-order valence-electron chi connectivity index (χ1n) is 3.61. The Kier molecular flexibility index (Phi) is 3.34. The summed E-state index contributed by atoms with van der Waals surface area (Å²) in [5.74, 6) is 6.08. The molecule has 0 N–H and O–H groups in total. The Morgan fingerprint density at radius 2 is 1.55 bits per heavy atom. The molecule has 0 aromatic rings. The molecule has 0 rings (SSSR count). The van der Waals surface area contributed by atoms with Crippen molar-refractivity contribution in [3.63, 3.8) is 0 Å². The normalized spacial score (nSPS) is 16.5. The van der Waals surface area contributed by atoms with Crippen LogP contribution in [-0.2, 0) is 4.74 Å². The van der Waals surface area contributed by atoms with Crippen LogP contribution in [0.15, 0.2) is 0 Å². The fraction of sp³-hybridized carbons (Fsp3) is 0.778. The quantitative estimate of drug-likeness (QED) is 0.425. The molecular formula is C9H15OSi. The largest absolute Gasteiger partial charge is 0.371 e. The Bertz CT molecular complexity index is 178. The molecule has 0 aromatic carbocycles. The van der Waals surface area contributed by atoms with Crippen LogP contribution in [0.3, 0.4) is 0 Å². The van der Waals surface area contributed by atoms with Gasteiger partial charge in [0.2, 0.25) is 0 Å². The molecule has 0 aromatic heterocycles. The number of ether oxygens (including phenoxy) is 1. The molecular weight excluding hydrogens is 152 g/mol. The fourth-order valence-corrected chi connectivity index (χ4v) is 0.420. The third-order valence-electron chi connectivity index (χ3n) is 1.08. The first-order chi connectivity index (χ1) is 4.77. The van der Waals surface area contributed by atoms with E-state index in [-0.39, 0.29) is 5.41 Å². The molecule has 0 aliphatic carbocycles. The maximum Gasteiger partial charge on any atom is 0.105 e. The van der Waals surface area contributed by atoms with Gasteiger partial charge in [0.1, 0.15) is 5.22 Å². The number of hydrogen-bond acceptors (Lipinski definition) is 1. The van der Waals surface area contributed by atoms with Crippen LogP contribution in [0.5, 0.6) is 0 Å². The highest BCUT2D eigenvalue weighted by Crippen LogP contribution is 2.11. The van der Waals surface area contributed by atoms with Crippen molar-refractivity contribution in [2.75, 3.05) is 7.11 Å². The van der Waals surface area contributed by atoms with Crippen LogP contribution in [0.4, 0.5) is 0 Å². The van der Waals surface area contributed by atoms with Crippen LogP contribution >= 0.6 is 0 Å². The van der Waals surface area contributed by atoms with Crippen LogP contribution in [0.2, 0.25) is 0 Å². The lowest BCUT2D eigenvalue weighted by atomic mass is 9.98. The lowest BCUT2D eigenvalue weighted by Gasteiger charge is -2.16. The second kappa shape index (κ2) is 3.42. The molecule has 11 heavy (non-hydrogen) atoms. The molecule has 0 aliphatic rings. The highest BCUT2D eigenvalue weighted by Gasteiger charge is 2.13. The molecule has 1 unspecified atom stereocenters. The van der Waals surface area contributed by atoms with E-state index in [0.717, 1.165) is 0 Å². The SMILES string of the molecule is COC(C)([Si])C#CC(C)(C)C. The predicted octanol–water partition coefficient (Wildman–Crippen LogP) is 1.57. The van der Waals surface area contributed by atoms with Crippen LogP contribution in [0.1, 0.15) is 27.7 Å². The standard InChI is InChI=1S/C9H15OSi/c1-8(2,3)6-7-9(4,11)10-5/h1-5H3. The summed E-state index contributed by atoms with van der Waals surface area (Å²) >= 11 is 0. The van der Waals surface area contributed by atoms with Gasteiger partial charge in [-0.15, -0.1) is 0 Å². The Labute approximate surface area is 72.9 Å². The van der Waals surface area contributed by atoms with E-state index in [4.69, 9.17) is 4.74 Å². The second-order valence-corrected chi connectivity index (χ2v) is 4.69. The molecule has 0 bridgehead atoms. The molecule has 3 radical (unpaired) electrons. The van der Waals surface area contributed by atoms with E-state index in [2.05, 4.69) is 42.9 Å². The molecule has 61 valence electrons. The van der Waals surface area contributed by atoms with E-state index in [1.165, 1.54) is 0 Å². The fourth-order valence-electron chi connectivity index (χ4n) is 0.358. The van der Waals surface area contributed by atoms with Gasteiger partial charge in [-0.05, 0) is 27.7 Å². The van der Waals surface area contributed by atoms with Crippen molar-refractivity contribution < 1.29 is 4.74 Å². The van der Waals surface area contributed by atoms with Crippen LogP contribution in [0.25, 0.3) is 0 Å². The summed E-state index contributed by atoms with van der Waals surface area (Å²) < 4.78 is 5.07. The smallest absolute Gasteiger partial charge is 0.105 e. The van der Waals surface area contributed by atoms with Gasteiger partial charge >= 0.3 is 0 Å². The van der Waals surface area contributed by atoms with Gasteiger partial charge in [-0.3, -0.25) is 0 Å². The summed E-state index contributed by atoms with van der Waals surface area (Å²) in [6.45, 7) is 8.08. The summed E-state index contributed by atoms with van der Waals surface area (Å²) in [6, 6.07) is 0. The highest BCUT2D eigenvalue weighted by atomic mass is 28.1. The molecule has 0 saturated carbocycles. The van der Waals surface area contributed by atoms with Gasteiger partial charge in [0.05, 0.1) is 10.2 Å². The molecule has 0 amide bonds. The van der Waals surface area contributed by atoms with Crippen molar-refractivity contribution in [3.8, 4) is 11.8 Å². The zero-order chi connectivity index (χ0) is 9.12. The van der Waals surface area contributed by atoms with E-state index in [1.54, 1.807) is 7.11 Å². The lowest BCUT2D eigenvalue weighted by molar-refractivity contribution is 0.127. The summed E-state index contributed by atoms with van der Waals surface area (Å²) in [5.41, 5.74) is 0.0342. The molecule has 0 spiro atoms. The molecule has 1 atom stereocenters. The van der Waals surface area contributed by atoms with Crippen molar-refractivity contribution >= 4 is 10.2 Å². The van der Waals surface area contributed by atoms with Crippen molar-refractivity contribution in [1.29, 1.82) is 0 Å². The molecule has 2 heteroatoms. The van der Waals surface area contributed by atoms with Crippen LogP contribution < -0.4 is 0 Å². The van der Waals surface area contributed by atoms with Gasteiger partial charge in [0, 0.05) is 12.5 Å². The minimum atomic E-state index is -0.507. The van der Waals surface area contributed by atoms with Gasteiger partial charge in [-0.25, -0.2) is 0 Å². The van der Waals surface area contributed by atoms with Gasteiger partial charge in [0.25, 0.3) is 0 Å². The van der Waals surface area contributed by atoms with Crippen molar-refractivity contribution in [2.45, 2.75) is 32.9 Å². The highest BCUT2D eigenvalue weighted by molar-refractivity contribution is 6.16. The average Bonchev–Trinajstić information content (AvgIpc) is 1.83. The zero-order valence-electron chi connectivity index (χ0n) is 7.91. The Hall–Kier alpha value is -0.263. The maximum absolute atomic E-state index is 5.07. The molecule has 1 nitrogen and oxygen atoms in total. The van der Waals surface area contributed by atoms with Crippen LogP contribution in [-0.4, -0.2) is 22.6 Å². The Balaban J connectivity index is 4.29. The molecule has 0 fully saturated rings. The summed E-state index contributed by atoms with van der Waals surface area (Å²) in [5, 5.41) is -0.507. The van der Waals surface area contributed by atoms with E-state index in [0.29, 0.717) is 0 Å². The topological polar surface area (TPSA) is 9.23 Å². The molecule has 0 saturated heterocycles. The van der Waals surface area contributed by atoms with E-state index in [9.17, 15) is 0 Å². The first-order valence-corrected chi connectivity index (χ1v) is 4.11. The van der Waals surface area contributed by atoms with Gasteiger partial charge in [-0.1, -0.05) is 11.8 Å². The minimum Gasteiger partial charge on any atom is -0.371 e. The number of hydrogen-bond donors (Lipinski definition) is 0. The first kappa shape index (κ1) is 10.7. The van der Waals surface area contributed by atoms with Crippen molar-refractivity contribution in [1.82, 2.24) is 0 Å². The lowest BCUT2D eigenvalue weighted by Crippen LogP contribution is -2.25. The summed E-state index contributed by atoms with van der Waals surface area (Å²) in [4.78, 5) is 0. The third-order valence-corrected chi connectivity index (χ3v) is 1.41. The van der Waals surface area contributed by atoms with Gasteiger partial charge in [-0.2, -0.15) is 0 Å². The minimum absolute atomic E-state index is 0.0342. The second-order valence-electron chi connectivity index (χ2n) is 3.74. The zero-order valence-corrected chi connectivity index (χ0v) is 8.91.